The number of likely N-dealkylation sites (N-methyl/N-ethyl adjacent to an activating group) is 1. The van der Waals surface area contributed by atoms with E-state index in [0.29, 0.717) is 12.3 Å². The summed E-state index contributed by atoms with van der Waals surface area (Å²) in [7, 11) is 1.30. The zero-order valence-corrected chi connectivity index (χ0v) is 12.4. The molecule has 0 radical (unpaired) electrons. The molecular formula is C15H21NO4. The van der Waals surface area contributed by atoms with Gasteiger partial charge in [-0.15, -0.1) is 0 Å². The van der Waals surface area contributed by atoms with Crippen LogP contribution < -0.4 is 4.74 Å². The molecule has 20 heavy (non-hydrogen) atoms. The first-order valence-electron chi connectivity index (χ1n) is 6.52. The largest absolute Gasteiger partial charge is 0.484 e. The van der Waals surface area contributed by atoms with Crippen LogP contribution >= 0.6 is 0 Å². The highest BCUT2D eigenvalue weighted by molar-refractivity contribution is 5.83. The van der Waals surface area contributed by atoms with Crippen molar-refractivity contribution in [1.29, 1.82) is 0 Å². The summed E-state index contributed by atoms with van der Waals surface area (Å²) in [5.74, 6) is 0.00247. The lowest BCUT2D eigenvalue weighted by atomic mass is 10.1. The Morgan fingerprint density at radius 3 is 2.50 bits per heavy atom. The molecule has 5 nitrogen and oxygen atoms in total. The number of ether oxygens (including phenoxy) is 2. The average Bonchev–Trinajstić information content (AvgIpc) is 2.43. The van der Waals surface area contributed by atoms with Crippen LogP contribution in [0.15, 0.2) is 18.2 Å². The molecule has 0 spiro atoms. The Labute approximate surface area is 119 Å². The molecule has 1 rings (SSSR count). The van der Waals surface area contributed by atoms with Crippen molar-refractivity contribution in [2.75, 3.05) is 26.8 Å². The molecule has 0 fully saturated rings. The number of aryl methyl sites for hydroxylation is 2. The van der Waals surface area contributed by atoms with Gasteiger partial charge in [0.05, 0.1) is 7.11 Å². The van der Waals surface area contributed by atoms with Crippen LogP contribution in [-0.4, -0.2) is 43.6 Å². The molecule has 0 aliphatic carbocycles. The molecular weight excluding hydrogens is 258 g/mol. The number of methoxy groups -OCH3 is 1. The van der Waals surface area contributed by atoms with Crippen LogP contribution in [0.4, 0.5) is 0 Å². The highest BCUT2D eigenvalue weighted by Crippen LogP contribution is 2.18. The number of nitrogens with zero attached hydrogens (tertiary/aromatic N) is 1. The minimum atomic E-state index is -0.438. The van der Waals surface area contributed by atoms with Crippen LogP contribution in [0.25, 0.3) is 0 Å². The fourth-order valence-corrected chi connectivity index (χ4v) is 1.79. The fraction of sp³-hybridized carbons (Fsp3) is 0.467. The molecule has 0 N–H and O–H groups in total. The van der Waals surface area contributed by atoms with Crippen LogP contribution in [0.5, 0.6) is 5.75 Å². The van der Waals surface area contributed by atoms with Gasteiger partial charge in [0, 0.05) is 6.54 Å². The van der Waals surface area contributed by atoms with Crippen molar-refractivity contribution in [3.8, 4) is 5.75 Å². The molecule has 110 valence electrons. The summed E-state index contributed by atoms with van der Waals surface area (Å²) in [6.45, 7) is 6.02. The van der Waals surface area contributed by atoms with E-state index in [1.165, 1.54) is 12.0 Å². The van der Waals surface area contributed by atoms with Gasteiger partial charge in [-0.3, -0.25) is 9.59 Å². The molecule has 0 heterocycles. The Morgan fingerprint density at radius 2 is 1.95 bits per heavy atom. The predicted octanol–water partition coefficient (Wildman–Crippen LogP) is 1.70. The summed E-state index contributed by atoms with van der Waals surface area (Å²) in [4.78, 5) is 24.6. The topological polar surface area (TPSA) is 55.8 Å². The predicted molar refractivity (Wildman–Crippen MR) is 75.7 cm³/mol. The first kappa shape index (κ1) is 16.0. The number of benzene rings is 1. The smallest absolute Gasteiger partial charge is 0.325 e. The molecule has 0 aliphatic rings. The summed E-state index contributed by atoms with van der Waals surface area (Å²) >= 11 is 0. The Kier molecular flexibility index (Phi) is 6.03. The van der Waals surface area contributed by atoms with Crippen LogP contribution in [0.2, 0.25) is 0 Å². The number of esters is 1. The summed E-state index contributed by atoms with van der Waals surface area (Å²) in [5.41, 5.74) is 2.12. The van der Waals surface area contributed by atoms with Gasteiger partial charge >= 0.3 is 5.97 Å². The van der Waals surface area contributed by atoms with Gasteiger partial charge in [-0.25, -0.2) is 0 Å². The molecule has 1 aromatic carbocycles. The SMILES string of the molecule is CCN(CC(=O)OC)C(=O)COc1ccc(C)cc1C. The lowest BCUT2D eigenvalue weighted by Gasteiger charge is -2.19. The van der Waals surface area contributed by atoms with Crippen molar-refractivity contribution in [1.82, 2.24) is 4.90 Å². The van der Waals surface area contributed by atoms with E-state index >= 15 is 0 Å². The number of rotatable bonds is 6. The Bertz CT molecular complexity index is 485. The fourth-order valence-electron chi connectivity index (χ4n) is 1.79. The van der Waals surface area contributed by atoms with Crippen molar-refractivity contribution < 1.29 is 19.1 Å². The van der Waals surface area contributed by atoms with E-state index in [9.17, 15) is 9.59 Å². The number of carbonyl (C=O) groups excluding carboxylic acids is 2. The minimum Gasteiger partial charge on any atom is -0.484 e. The molecule has 0 atom stereocenters. The Morgan fingerprint density at radius 1 is 1.25 bits per heavy atom. The van der Waals surface area contributed by atoms with Gasteiger partial charge in [-0.2, -0.15) is 0 Å². The molecule has 1 aromatic rings. The lowest BCUT2D eigenvalue weighted by Crippen LogP contribution is -2.39. The standard InChI is InChI=1S/C15H21NO4/c1-5-16(9-15(18)19-4)14(17)10-20-13-7-6-11(2)8-12(13)3/h6-8H,5,9-10H2,1-4H3. The van der Waals surface area contributed by atoms with Crippen molar-refractivity contribution in [2.45, 2.75) is 20.8 Å². The summed E-state index contributed by atoms with van der Waals surface area (Å²) < 4.78 is 10.1. The Balaban J connectivity index is 2.58. The van der Waals surface area contributed by atoms with Crippen LogP contribution in [-0.2, 0) is 14.3 Å². The third kappa shape index (κ3) is 4.57. The first-order valence-corrected chi connectivity index (χ1v) is 6.52. The van der Waals surface area contributed by atoms with Gasteiger partial charge in [0.2, 0.25) is 0 Å². The number of amides is 1. The van der Waals surface area contributed by atoms with Crippen molar-refractivity contribution in [3.05, 3.63) is 29.3 Å². The first-order chi connectivity index (χ1) is 9.47. The van der Waals surface area contributed by atoms with E-state index in [-0.39, 0.29) is 19.1 Å². The summed E-state index contributed by atoms with van der Waals surface area (Å²) in [6.07, 6.45) is 0. The van der Waals surface area contributed by atoms with Gasteiger partial charge in [-0.05, 0) is 32.4 Å². The summed E-state index contributed by atoms with van der Waals surface area (Å²) in [5, 5.41) is 0. The third-order valence-corrected chi connectivity index (χ3v) is 2.96. The molecule has 0 aromatic heterocycles. The van der Waals surface area contributed by atoms with E-state index < -0.39 is 5.97 Å². The third-order valence-electron chi connectivity index (χ3n) is 2.96. The van der Waals surface area contributed by atoms with Gasteiger partial charge in [-0.1, -0.05) is 17.7 Å². The van der Waals surface area contributed by atoms with Crippen LogP contribution in [0.1, 0.15) is 18.1 Å². The zero-order valence-electron chi connectivity index (χ0n) is 12.4. The van der Waals surface area contributed by atoms with E-state index in [1.807, 2.05) is 32.0 Å². The quantitative estimate of drug-likeness (QED) is 0.744. The lowest BCUT2D eigenvalue weighted by molar-refractivity contribution is -0.147. The maximum Gasteiger partial charge on any atom is 0.325 e. The van der Waals surface area contributed by atoms with Gasteiger partial charge in [0.15, 0.2) is 6.61 Å². The van der Waals surface area contributed by atoms with E-state index in [0.717, 1.165) is 11.1 Å². The van der Waals surface area contributed by atoms with E-state index in [1.54, 1.807) is 6.92 Å². The van der Waals surface area contributed by atoms with Gasteiger partial charge < -0.3 is 14.4 Å². The zero-order chi connectivity index (χ0) is 15.1. The van der Waals surface area contributed by atoms with E-state index in [2.05, 4.69) is 4.74 Å². The van der Waals surface area contributed by atoms with Gasteiger partial charge in [0.25, 0.3) is 5.91 Å². The number of hydrogen-bond acceptors (Lipinski definition) is 4. The van der Waals surface area contributed by atoms with Crippen molar-refractivity contribution in [3.63, 3.8) is 0 Å². The molecule has 0 saturated heterocycles. The van der Waals surface area contributed by atoms with Gasteiger partial charge in [0.1, 0.15) is 12.3 Å². The highest BCUT2D eigenvalue weighted by Gasteiger charge is 2.16. The van der Waals surface area contributed by atoms with E-state index in [4.69, 9.17) is 4.74 Å². The minimum absolute atomic E-state index is 0.0535. The summed E-state index contributed by atoms with van der Waals surface area (Å²) in [6, 6.07) is 5.76. The highest BCUT2D eigenvalue weighted by atomic mass is 16.5. The van der Waals surface area contributed by atoms with Crippen LogP contribution in [0.3, 0.4) is 0 Å². The Hall–Kier alpha value is -2.04. The second kappa shape index (κ2) is 7.53. The van der Waals surface area contributed by atoms with Crippen molar-refractivity contribution >= 4 is 11.9 Å². The maximum atomic E-state index is 12.0. The van der Waals surface area contributed by atoms with Crippen molar-refractivity contribution in [2.24, 2.45) is 0 Å². The number of hydrogen-bond donors (Lipinski definition) is 0. The monoisotopic (exact) mass is 279 g/mol. The second-order valence-corrected chi connectivity index (χ2v) is 4.54. The average molecular weight is 279 g/mol. The molecule has 5 heteroatoms. The number of carbonyl (C=O) groups is 2. The normalized spacial score (nSPS) is 10.0. The molecule has 1 amide bonds. The maximum absolute atomic E-state index is 12.0. The van der Waals surface area contributed by atoms with Crippen LogP contribution in [0, 0.1) is 13.8 Å². The second-order valence-electron chi connectivity index (χ2n) is 4.54. The molecule has 0 bridgehead atoms. The molecule has 0 unspecified atom stereocenters. The molecule has 0 saturated carbocycles. The molecule has 0 aliphatic heterocycles.